The molecule has 1 saturated heterocycles. The molecule has 0 saturated carbocycles. The van der Waals surface area contributed by atoms with Crippen molar-refractivity contribution in [3.05, 3.63) is 59.7 Å². The van der Waals surface area contributed by atoms with E-state index in [-0.39, 0.29) is 11.9 Å². The molecule has 0 aliphatic carbocycles. The molecule has 7 nitrogen and oxygen atoms in total. The topological polar surface area (TPSA) is 73.9 Å². The fraction of sp³-hybridized carbons (Fsp3) is 0.481. The highest BCUT2D eigenvalue weighted by Gasteiger charge is 2.24. The largest absolute Gasteiger partial charge is 0.382 e. The van der Waals surface area contributed by atoms with Crippen LogP contribution in [0, 0.1) is 5.92 Å². The molecule has 2 aromatic rings. The number of carbonyl (C=O) groups excluding carboxylic acids is 2. The van der Waals surface area contributed by atoms with Gasteiger partial charge in [0.05, 0.1) is 5.56 Å². The van der Waals surface area contributed by atoms with Gasteiger partial charge in [-0.25, -0.2) is 4.79 Å². The number of hydrogen-bond donors (Lipinski definition) is 2. The Hall–Kier alpha value is -3.06. The predicted octanol–water partition coefficient (Wildman–Crippen LogP) is 4.40. The molecule has 3 rings (SSSR count). The number of urea groups is 1. The van der Waals surface area contributed by atoms with Gasteiger partial charge in [-0.3, -0.25) is 4.79 Å². The molecule has 0 bridgehead atoms. The van der Waals surface area contributed by atoms with Crippen molar-refractivity contribution in [2.24, 2.45) is 5.92 Å². The average Bonchev–Trinajstić information content (AvgIpc) is 2.85. The van der Waals surface area contributed by atoms with E-state index in [1.54, 1.807) is 20.2 Å². The molecule has 0 radical (unpaired) electrons. The highest BCUT2D eigenvalue weighted by atomic mass is 16.5. The quantitative estimate of drug-likeness (QED) is 0.509. The number of benzene rings is 2. The lowest BCUT2D eigenvalue weighted by atomic mass is 9.89. The number of piperidine rings is 1. The van der Waals surface area contributed by atoms with Crippen molar-refractivity contribution in [1.82, 2.24) is 10.2 Å². The molecule has 1 heterocycles. The molecule has 0 atom stereocenters. The summed E-state index contributed by atoms with van der Waals surface area (Å²) >= 11 is 0. The minimum atomic E-state index is -0.224. The summed E-state index contributed by atoms with van der Waals surface area (Å²) in [6, 6.07) is 16.0. The number of carbonyl (C=O) groups is 2. The number of hydrogen-bond acceptors (Lipinski definition) is 4. The summed E-state index contributed by atoms with van der Waals surface area (Å²) in [5, 5.41) is 5.87. The molecule has 0 unspecified atom stereocenters. The number of nitrogens with zero attached hydrogens (tertiary/aromatic N) is 2. The number of rotatable bonds is 10. The van der Waals surface area contributed by atoms with Gasteiger partial charge in [0, 0.05) is 58.3 Å². The van der Waals surface area contributed by atoms with E-state index in [2.05, 4.69) is 45.9 Å². The standard InChI is InChI=1S/C27H38N4O3/c1-4-34-18-8-15-28-26(32)24-20-23(29-27(33)30(2)3)11-12-25(24)31-16-13-22(14-17-31)19-21-9-6-5-7-10-21/h5-7,9-12,20,22H,4,8,13-19H2,1-3H3,(H,28,32)(H,29,33). The summed E-state index contributed by atoms with van der Waals surface area (Å²) in [6.45, 7) is 5.62. The first-order valence-electron chi connectivity index (χ1n) is 12.2. The SMILES string of the molecule is CCOCCCNC(=O)c1cc(NC(=O)N(C)C)ccc1N1CCC(Cc2ccccc2)CC1. The van der Waals surface area contributed by atoms with Crippen molar-refractivity contribution >= 4 is 23.3 Å². The van der Waals surface area contributed by atoms with E-state index in [1.165, 1.54) is 10.5 Å². The lowest BCUT2D eigenvalue weighted by Gasteiger charge is -2.35. The van der Waals surface area contributed by atoms with Crippen LogP contribution >= 0.6 is 0 Å². The number of amides is 3. The van der Waals surface area contributed by atoms with E-state index < -0.39 is 0 Å². The minimum Gasteiger partial charge on any atom is -0.382 e. The van der Waals surface area contributed by atoms with Gasteiger partial charge in [-0.1, -0.05) is 30.3 Å². The molecular formula is C27H38N4O3. The average molecular weight is 467 g/mol. The minimum absolute atomic E-state index is 0.126. The second-order valence-corrected chi connectivity index (χ2v) is 8.98. The van der Waals surface area contributed by atoms with Crippen molar-refractivity contribution in [2.75, 3.05) is 57.2 Å². The maximum atomic E-state index is 13.1. The normalized spacial score (nSPS) is 14.0. The van der Waals surface area contributed by atoms with E-state index in [0.29, 0.717) is 36.9 Å². The van der Waals surface area contributed by atoms with Gasteiger partial charge >= 0.3 is 6.03 Å². The molecular weight excluding hydrogens is 428 g/mol. The second kappa shape index (κ2) is 13.0. The third kappa shape index (κ3) is 7.48. The zero-order chi connectivity index (χ0) is 24.3. The summed E-state index contributed by atoms with van der Waals surface area (Å²) in [4.78, 5) is 29.0. The molecule has 2 aromatic carbocycles. The van der Waals surface area contributed by atoms with E-state index in [1.807, 2.05) is 19.1 Å². The first-order valence-corrected chi connectivity index (χ1v) is 12.2. The molecule has 0 spiro atoms. The van der Waals surface area contributed by atoms with Crippen LogP contribution in [0.5, 0.6) is 0 Å². The van der Waals surface area contributed by atoms with Gasteiger partial charge in [0.2, 0.25) is 0 Å². The highest BCUT2D eigenvalue weighted by molar-refractivity contribution is 6.02. The molecule has 1 aliphatic heterocycles. The van der Waals surface area contributed by atoms with Crippen molar-refractivity contribution in [3.63, 3.8) is 0 Å². The number of ether oxygens (including phenoxy) is 1. The predicted molar refractivity (Wildman–Crippen MR) is 138 cm³/mol. The number of anilines is 2. The molecule has 34 heavy (non-hydrogen) atoms. The molecule has 1 fully saturated rings. The Morgan fingerprint density at radius 1 is 1.09 bits per heavy atom. The van der Waals surface area contributed by atoms with Gasteiger partial charge in [0.1, 0.15) is 0 Å². The van der Waals surface area contributed by atoms with Gasteiger partial charge in [0.15, 0.2) is 0 Å². The summed E-state index contributed by atoms with van der Waals surface area (Å²) in [6.07, 6.45) is 4.03. The fourth-order valence-electron chi connectivity index (χ4n) is 4.25. The third-order valence-electron chi connectivity index (χ3n) is 6.18. The van der Waals surface area contributed by atoms with Crippen molar-refractivity contribution in [2.45, 2.75) is 32.6 Å². The summed E-state index contributed by atoms with van der Waals surface area (Å²) in [5.74, 6) is 0.520. The Balaban J connectivity index is 1.69. The van der Waals surface area contributed by atoms with Crippen LogP contribution in [0.15, 0.2) is 48.5 Å². The summed E-state index contributed by atoms with van der Waals surface area (Å²) in [7, 11) is 3.38. The summed E-state index contributed by atoms with van der Waals surface area (Å²) in [5.41, 5.74) is 3.51. The van der Waals surface area contributed by atoms with Crippen LogP contribution in [-0.2, 0) is 11.2 Å². The van der Waals surface area contributed by atoms with Crippen molar-refractivity contribution < 1.29 is 14.3 Å². The smallest absolute Gasteiger partial charge is 0.321 e. The maximum Gasteiger partial charge on any atom is 0.321 e. The van der Waals surface area contributed by atoms with Crippen LogP contribution in [0.2, 0.25) is 0 Å². The van der Waals surface area contributed by atoms with Crippen molar-refractivity contribution in [1.29, 1.82) is 0 Å². The van der Waals surface area contributed by atoms with Crippen LogP contribution in [0.3, 0.4) is 0 Å². The Morgan fingerprint density at radius 2 is 1.82 bits per heavy atom. The van der Waals surface area contributed by atoms with Crippen LogP contribution in [0.4, 0.5) is 16.2 Å². The maximum absolute atomic E-state index is 13.1. The Kier molecular flexibility index (Phi) is 9.76. The number of nitrogens with one attached hydrogen (secondary N) is 2. The fourth-order valence-corrected chi connectivity index (χ4v) is 4.25. The molecule has 7 heteroatoms. The van der Waals surface area contributed by atoms with Crippen molar-refractivity contribution in [3.8, 4) is 0 Å². The zero-order valence-electron chi connectivity index (χ0n) is 20.7. The van der Waals surface area contributed by atoms with Gasteiger partial charge in [-0.2, -0.15) is 0 Å². The molecule has 3 amide bonds. The Bertz CT molecular complexity index is 925. The van der Waals surface area contributed by atoms with Crippen LogP contribution < -0.4 is 15.5 Å². The first kappa shape index (κ1) is 25.6. The van der Waals surface area contributed by atoms with Crippen LogP contribution in [0.25, 0.3) is 0 Å². The van der Waals surface area contributed by atoms with Gasteiger partial charge < -0.3 is 25.2 Å². The van der Waals surface area contributed by atoms with E-state index in [0.717, 1.165) is 44.5 Å². The van der Waals surface area contributed by atoms with Gasteiger partial charge in [0.25, 0.3) is 5.91 Å². The Labute approximate surface area is 203 Å². The molecule has 184 valence electrons. The van der Waals surface area contributed by atoms with Gasteiger partial charge in [-0.05, 0) is 62.3 Å². The lowest BCUT2D eigenvalue weighted by Crippen LogP contribution is -2.36. The lowest BCUT2D eigenvalue weighted by molar-refractivity contribution is 0.0944. The van der Waals surface area contributed by atoms with E-state index in [4.69, 9.17) is 4.74 Å². The molecule has 0 aromatic heterocycles. The van der Waals surface area contributed by atoms with Gasteiger partial charge in [-0.15, -0.1) is 0 Å². The monoisotopic (exact) mass is 466 g/mol. The zero-order valence-corrected chi connectivity index (χ0v) is 20.7. The Morgan fingerprint density at radius 3 is 2.50 bits per heavy atom. The third-order valence-corrected chi connectivity index (χ3v) is 6.18. The molecule has 2 N–H and O–H groups in total. The first-order chi connectivity index (χ1) is 16.5. The van der Waals surface area contributed by atoms with E-state index in [9.17, 15) is 9.59 Å². The molecule has 1 aliphatic rings. The highest BCUT2D eigenvalue weighted by Crippen LogP contribution is 2.30. The summed E-state index contributed by atoms with van der Waals surface area (Å²) < 4.78 is 5.37. The van der Waals surface area contributed by atoms with Crippen LogP contribution in [0.1, 0.15) is 42.1 Å². The van der Waals surface area contributed by atoms with E-state index >= 15 is 0 Å². The van der Waals surface area contributed by atoms with Crippen LogP contribution in [-0.4, -0.2) is 63.8 Å². The second-order valence-electron chi connectivity index (χ2n) is 8.98.